The minimum atomic E-state index is -0.0563. The summed E-state index contributed by atoms with van der Waals surface area (Å²) in [5, 5.41) is 4.71. The Labute approximate surface area is 121 Å². The molecule has 0 saturated carbocycles. The lowest BCUT2D eigenvalue weighted by molar-refractivity contribution is 0.631. The Morgan fingerprint density at radius 2 is 1.95 bits per heavy atom. The lowest BCUT2D eigenvalue weighted by atomic mass is 10.1. The van der Waals surface area contributed by atoms with E-state index in [0.717, 1.165) is 6.42 Å². The molecule has 2 N–H and O–H groups in total. The Morgan fingerprint density at radius 3 is 2.71 bits per heavy atom. The molecule has 21 heavy (non-hydrogen) atoms. The highest BCUT2D eigenvalue weighted by Crippen LogP contribution is 2.06. The number of hydrogen-bond donors (Lipinski definition) is 1. The largest absolute Gasteiger partial charge is 0.329 e. The maximum atomic E-state index is 12.4. The summed E-state index contributed by atoms with van der Waals surface area (Å²) in [6.45, 7) is 1.63. The van der Waals surface area contributed by atoms with Gasteiger partial charge < -0.3 is 5.73 Å². The fourth-order valence-corrected chi connectivity index (χ4v) is 2.34. The summed E-state index contributed by atoms with van der Waals surface area (Å²) in [6, 6.07) is 10.1. The van der Waals surface area contributed by atoms with Crippen LogP contribution in [0, 0.1) is 0 Å². The van der Waals surface area contributed by atoms with Crippen LogP contribution in [0.5, 0.6) is 0 Å². The van der Waals surface area contributed by atoms with E-state index < -0.39 is 0 Å². The Balaban J connectivity index is 1.87. The van der Waals surface area contributed by atoms with Crippen molar-refractivity contribution in [3.63, 3.8) is 0 Å². The van der Waals surface area contributed by atoms with Crippen molar-refractivity contribution < 1.29 is 0 Å². The third-order valence-corrected chi connectivity index (χ3v) is 3.45. The molecule has 6 heteroatoms. The van der Waals surface area contributed by atoms with Crippen molar-refractivity contribution in [3.8, 4) is 0 Å². The molecule has 3 rings (SSSR count). The molecule has 0 atom stereocenters. The van der Waals surface area contributed by atoms with E-state index in [4.69, 9.17) is 5.73 Å². The van der Waals surface area contributed by atoms with Gasteiger partial charge in [0.1, 0.15) is 5.39 Å². The summed E-state index contributed by atoms with van der Waals surface area (Å²) in [4.78, 5) is 16.7. The van der Waals surface area contributed by atoms with Crippen LogP contribution in [0.15, 0.2) is 47.7 Å². The number of rotatable bonds is 5. The van der Waals surface area contributed by atoms with Crippen LogP contribution in [-0.2, 0) is 19.5 Å². The van der Waals surface area contributed by atoms with E-state index in [1.807, 2.05) is 18.2 Å². The Hall–Kier alpha value is -2.47. The molecule has 6 nitrogen and oxygen atoms in total. The van der Waals surface area contributed by atoms with Crippen LogP contribution in [0.4, 0.5) is 0 Å². The van der Waals surface area contributed by atoms with E-state index in [1.165, 1.54) is 5.56 Å². The summed E-state index contributed by atoms with van der Waals surface area (Å²) in [5.41, 5.74) is 7.26. The molecule has 0 saturated heterocycles. The van der Waals surface area contributed by atoms with Gasteiger partial charge in [0.05, 0.1) is 19.1 Å². The Bertz CT molecular complexity index is 791. The number of aryl methyl sites for hydroxylation is 2. The van der Waals surface area contributed by atoms with Crippen LogP contribution in [0.2, 0.25) is 0 Å². The molecule has 1 aromatic carbocycles. The third-order valence-electron chi connectivity index (χ3n) is 3.45. The minimum Gasteiger partial charge on any atom is -0.329 e. The van der Waals surface area contributed by atoms with Crippen LogP contribution in [0.3, 0.4) is 0 Å². The molecule has 3 aromatic rings. The molecule has 0 fully saturated rings. The Morgan fingerprint density at radius 1 is 1.14 bits per heavy atom. The van der Waals surface area contributed by atoms with E-state index in [1.54, 1.807) is 21.8 Å². The molecule has 0 aliphatic rings. The van der Waals surface area contributed by atoms with Gasteiger partial charge in [-0.25, -0.2) is 9.67 Å². The normalized spacial score (nSPS) is 11.1. The van der Waals surface area contributed by atoms with Crippen LogP contribution in [0.25, 0.3) is 11.0 Å². The zero-order chi connectivity index (χ0) is 14.7. The summed E-state index contributed by atoms with van der Waals surface area (Å²) in [7, 11) is 0. The van der Waals surface area contributed by atoms with Gasteiger partial charge >= 0.3 is 0 Å². The van der Waals surface area contributed by atoms with Gasteiger partial charge in [0.25, 0.3) is 5.56 Å². The lowest BCUT2D eigenvalue weighted by Crippen LogP contribution is -2.22. The summed E-state index contributed by atoms with van der Waals surface area (Å²) in [6.07, 6.45) is 3.95. The van der Waals surface area contributed by atoms with E-state index >= 15 is 0 Å². The monoisotopic (exact) mass is 283 g/mol. The van der Waals surface area contributed by atoms with Crippen LogP contribution >= 0.6 is 0 Å². The summed E-state index contributed by atoms with van der Waals surface area (Å²) in [5.74, 6) is 0. The third kappa shape index (κ3) is 2.71. The first kappa shape index (κ1) is 13.5. The molecule has 108 valence electrons. The zero-order valence-corrected chi connectivity index (χ0v) is 11.6. The predicted molar refractivity (Wildman–Crippen MR) is 81.0 cm³/mol. The Kier molecular flexibility index (Phi) is 3.79. The number of fused-ring (bicyclic) bond motifs is 1. The molecule has 0 bridgehead atoms. The molecule has 2 heterocycles. The molecule has 0 aliphatic heterocycles. The molecular formula is C15H17N5O. The highest BCUT2D eigenvalue weighted by molar-refractivity contribution is 5.72. The second-order valence-corrected chi connectivity index (χ2v) is 4.87. The number of nitrogens with zero attached hydrogens (tertiary/aromatic N) is 4. The predicted octanol–water partition coefficient (Wildman–Crippen LogP) is 0.794. The molecule has 0 spiro atoms. The van der Waals surface area contributed by atoms with Gasteiger partial charge in [-0.3, -0.25) is 9.36 Å². The highest BCUT2D eigenvalue weighted by Gasteiger charge is 2.09. The maximum Gasteiger partial charge on any atom is 0.264 e. The van der Waals surface area contributed by atoms with Crippen molar-refractivity contribution in [2.45, 2.75) is 19.5 Å². The highest BCUT2D eigenvalue weighted by atomic mass is 16.1. The van der Waals surface area contributed by atoms with Gasteiger partial charge in [0.15, 0.2) is 5.65 Å². The molecule has 0 radical (unpaired) electrons. The first-order chi connectivity index (χ1) is 10.3. The molecule has 0 unspecified atom stereocenters. The van der Waals surface area contributed by atoms with Gasteiger partial charge in [-0.05, 0) is 12.0 Å². The average molecular weight is 283 g/mol. The molecule has 2 aromatic heterocycles. The number of hydrogen-bond acceptors (Lipinski definition) is 4. The maximum absolute atomic E-state index is 12.4. The summed E-state index contributed by atoms with van der Waals surface area (Å²) < 4.78 is 3.29. The molecular weight excluding hydrogens is 266 g/mol. The molecule has 0 amide bonds. The molecule has 0 aliphatic carbocycles. The van der Waals surface area contributed by atoms with Crippen LogP contribution in [-0.4, -0.2) is 25.9 Å². The standard InChI is InChI=1S/C15H17N5O/c16-7-9-20-14-13(10-18-20)15(21)19(11-17-14)8-6-12-4-2-1-3-5-12/h1-5,10-11H,6-9,16H2. The minimum absolute atomic E-state index is 0.0563. The van der Waals surface area contributed by atoms with E-state index in [0.29, 0.717) is 30.7 Å². The quantitative estimate of drug-likeness (QED) is 0.751. The van der Waals surface area contributed by atoms with Crippen molar-refractivity contribution in [1.29, 1.82) is 0 Å². The van der Waals surface area contributed by atoms with Crippen LogP contribution in [0.1, 0.15) is 5.56 Å². The van der Waals surface area contributed by atoms with Crippen molar-refractivity contribution in [2.24, 2.45) is 5.73 Å². The van der Waals surface area contributed by atoms with Gasteiger partial charge in [0.2, 0.25) is 0 Å². The van der Waals surface area contributed by atoms with Crippen molar-refractivity contribution in [1.82, 2.24) is 19.3 Å². The van der Waals surface area contributed by atoms with Gasteiger partial charge in [-0.2, -0.15) is 5.10 Å². The number of aromatic nitrogens is 4. The van der Waals surface area contributed by atoms with Crippen molar-refractivity contribution in [3.05, 3.63) is 58.8 Å². The average Bonchev–Trinajstić information content (AvgIpc) is 2.92. The zero-order valence-electron chi connectivity index (χ0n) is 11.6. The smallest absolute Gasteiger partial charge is 0.264 e. The SMILES string of the molecule is NCCn1ncc2c(=O)n(CCc3ccccc3)cnc21. The van der Waals surface area contributed by atoms with Crippen molar-refractivity contribution >= 4 is 11.0 Å². The van der Waals surface area contributed by atoms with E-state index in [-0.39, 0.29) is 5.56 Å². The van der Waals surface area contributed by atoms with Gasteiger partial charge in [-0.1, -0.05) is 30.3 Å². The first-order valence-corrected chi connectivity index (χ1v) is 6.94. The van der Waals surface area contributed by atoms with Gasteiger partial charge in [-0.15, -0.1) is 0 Å². The number of nitrogens with two attached hydrogens (primary N) is 1. The van der Waals surface area contributed by atoms with Gasteiger partial charge in [0, 0.05) is 13.1 Å². The second kappa shape index (κ2) is 5.88. The van der Waals surface area contributed by atoms with Crippen LogP contribution < -0.4 is 11.3 Å². The topological polar surface area (TPSA) is 78.7 Å². The van der Waals surface area contributed by atoms with E-state index in [2.05, 4.69) is 22.2 Å². The fourth-order valence-electron chi connectivity index (χ4n) is 2.34. The van der Waals surface area contributed by atoms with Crippen molar-refractivity contribution in [2.75, 3.05) is 6.54 Å². The number of benzene rings is 1. The lowest BCUT2D eigenvalue weighted by Gasteiger charge is -2.06. The summed E-state index contributed by atoms with van der Waals surface area (Å²) >= 11 is 0. The fraction of sp³-hybridized carbons (Fsp3) is 0.267. The first-order valence-electron chi connectivity index (χ1n) is 6.94. The van der Waals surface area contributed by atoms with E-state index in [9.17, 15) is 4.79 Å². The second-order valence-electron chi connectivity index (χ2n) is 4.87.